The molecule has 4 nitrogen and oxygen atoms in total. The molecule has 4 heteroatoms. The molecule has 2 unspecified atom stereocenters. The first-order valence-corrected chi connectivity index (χ1v) is 8.04. The zero-order valence-electron chi connectivity index (χ0n) is 12.9. The molecule has 2 N–H and O–H groups in total. The van der Waals surface area contributed by atoms with Gasteiger partial charge in [0.2, 0.25) is 0 Å². The molecule has 1 aliphatic heterocycles. The van der Waals surface area contributed by atoms with Gasteiger partial charge in [0.1, 0.15) is 5.75 Å². The number of nitrogens with two attached hydrogens (primary N) is 1. The molecule has 1 heterocycles. The smallest absolute Gasteiger partial charge is 0.142 e. The summed E-state index contributed by atoms with van der Waals surface area (Å²) in [5.74, 6) is 0.975. The van der Waals surface area contributed by atoms with Crippen LogP contribution in [0.5, 0.6) is 5.75 Å². The van der Waals surface area contributed by atoms with Crippen LogP contribution >= 0.6 is 0 Å². The second-order valence-corrected chi connectivity index (χ2v) is 6.10. The predicted octanol–water partition coefficient (Wildman–Crippen LogP) is 2.56. The number of hydrogen-bond donors (Lipinski definition) is 1. The van der Waals surface area contributed by atoms with E-state index < -0.39 is 0 Å². The lowest BCUT2D eigenvalue weighted by Crippen LogP contribution is -2.63. The van der Waals surface area contributed by atoms with E-state index >= 15 is 0 Å². The van der Waals surface area contributed by atoms with Crippen molar-refractivity contribution in [3.63, 3.8) is 0 Å². The van der Waals surface area contributed by atoms with Crippen LogP contribution in [0, 0.1) is 0 Å². The highest BCUT2D eigenvalue weighted by molar-refractivity contribution is 5.61. The fourth-order valence-corrected chi connectivity index (χ4v) is 3.97. The summed E-state index contributed by atoms with van der Waals surface area (Å²) in [6.45, 7) is 2.37. The van der Waals surface area contributed by atoms with Crippen molar-refractivity contribution in [1.29, 1.82) is 0 Å². The molecule has 0 bridgehead atoms. The number of rotatable bonds is 3. The van der Waals surface area contributed by atoms with E-state index in [9.17, 15) is 0 Å². The van der Waals surface area contributed by atoms with Gasteiger partial charge in [-0.1, -0.05) is 25.0 Å². The molecule has 1 aromatic carbocycles. The maximum atomic E-state index is 6.28. The summed E-state index contributed by atoms with van der Waals surface area (Å²) in [6, 6.07) is 8.32. The van der Waals surface area contributed by atoms with E-state index in [1.807, 2.05) is 13.2 Å². The Kier molecular flexibility index (Phi) is 4.36. The van der Waals surface area contributed by atoms with Crippen LogP contribution in [0.1, 0.15) is 32.1 Å². The van der Waals surface area contributed by atoms with Gasteiger partial charge in [-0.05, 0) is 31.4 Å². The normalized spacial score (nSPS) is 29.4. The van der Waals surface area contributed by atoms with Gasteiger partial charge >= 0.3 is 0 Å². The number of hydrogen-bond acceptors (Lipinski definition) is 4. The van der Waals surface area contributed by atoms with E-state index in [1.165, 1.54) is 18.5 Å². The van der Waals surface area contributed by atoms with E-state index in [4.69, 9.17) is 15.2 Å². The van der Waals surface area contributed by atoms with Gasteiger partial charge in [-0.15, -0.1) is 0 Å². The third kappa shape index (κ3) is 2.51. The summed E-state index contributed by atoms with van der Waals surface area (Å²) >= 11 is 0. The van der Waals surface area contributed by atoms with Crippen molar-refractivity contribution in [2.45, 2.75) is 43.7 Å². The molecule has 21 heavy (non-hydrogen) atoms. The Balaban J connectivity index is 2.03. The molecule has 0 amide bonds. The molecule has 116 valence electrons. The van der Waals surface area contributed by atoms with Crippen LogP contribution in [0.25, 0.3) is 0 Å². The van der Waals surface area contributed by atoms with Crippen molar-refractivity contribution in [2.75, 3.05) is 31.7 Å². The zero-order chi connectivity index (χ0) is 14.7. The topological polar surface area (TPSA) is 47.7 Å². The first-order valence-electron chi connectivity index (χ1n) is 8.04. The lowest BCUT2D eigenvalue weighted by Gasteiger charge is -2.51. The number of anilines is 1. The molecule has 0 saturated heterocycles. The molecule has 0 aromatic heterocycles. The van der Waals surface area contributed by atoms with Gasteiger partial charge in [0.05, 0.1) is 23.9 Å². The number of para-hydroxylation sites is 2. The van der Waals surface area contributed by atoms with Gasteiger partial charge in [0.25, 0.3) is 0 Å². The molecule has 2 aliphatic rings. The molecule has 1 aliphatic carbocycles. The summed E-state index contributed by atoms with van der Waals surface area (Å²) < 4.78 is 11.7. The van der Waals surface area contributed by atoms with Crippen molar-refractivity contribution in [1.82, 2.24) is 0 Å². The highest BCUT2D eigenvalue weighted by Gasteiger charge is 2.45. The number of nitrogens with zero attached hydrogens (tertiary/aromatic N) is 1. The Hall–Kier alpha value is -1.26. The van der Waals surface area contributed by atoms with Gasteiger partial charge in [-0.2, -0.15) is 0 Å². The Morgan fingerprint density at radius 3 is 3.00 bits per heavy atom. The Morgan fingerprint density at radius 1 is 1.33 bits per heavy atom. The third-order valence-electron chi connectivity index (χ3n) is 5.04. The van der Waals surface area contributed by atoms with Gasteiger partial charge in [0.15, 0.2) is 0 Å². The molecule has 0 radical (unpaired) electrons. The van der Waals surface area contributed by atoms with Crippen LogP contribution in [-0.4, -0.2) is 38.4 Å². The molecule has 2 atom stereocenters. The lowest BCUT2D eigenvalue weighted by atomic mass is 9.77. The summed E-state index contributed by atoms with van der Waals surface area (Å²) in [4.78, 5) is 2.47. The van der Waals surface area contributed by atoms with Crippen molar-refractivity contribution in [3.8, 4) is 5.75 Å². The van der Waals surface area contributed by atoms with Crippen molar-refractivity contribution >= 4 is 5.69 Å². The van der Waals surface area contributed by atoms with Crippen LogP contribution in [0.3, 0.4) is 0 Å². The van der Waals surface area contributed by atoms with E-state index in [2.05, 4.69) is 23.1 Å². The fraction of sp³-hybridized carbons (Fsp3) is 0.647. The highest BCUT2D eigenvalue weighted by Crippen LogP contribution is 2.42. The highest BCUT2D eigenvalue weighted by atomic mass is 16.5. The summed E-state index contributed by atoms with van der Waals surface area (Å²) in [7, 11) is 1.82. The first kappa shape index (κ1) is 14.7. The fourth-order valence-electron chi connectivity index (χ4n) is 3.97. The number of benzene rings is 1. The minimum absolute atomic E-state index is 0.100. The monoisotopic (exact) mass is 290 g/mol. The molecular weight excluding hydrogens is 264 g/mol. The molecule has 1 saturated carbocycles. The second-order valence-electron chi connectivity index (χ2n) is 6.10. The first-order chi connectivity index (χ1) is 10.3. The minimum atomic E-state index is -0.100. The molecule has 1 fully saturated rings. The van der Waals surface area contributed by atoms with Gasteiger partial charge in [-0.3, -0.25) is 0 Å². The van der Waals surface area contributed by atoms with Crippen LogP contribution in [0.4, 0.5) is 5.69 Å². The lowest BCUT2D eigenvalue weighted by molar-refractivity contribution is 0.00564. The average Bonchev–Trinajstić information content (AvgIpc) is 2.77. The zero-order valence-corrected chi connectivity index (χ0v) is 12.9. The van der Waals surface area contributed by atoms with Crippen LogP contribution in [0.15, 0.2) is 24.3 Å². The van der Waals surface area contributed by atoms with Crippen molar-refractivity contribution < 1.29 is 9.47 Å². The maximum Gasteiger partial charge on any atom is 0.142 e. The predicted molar refractivity (Wildman–Crippen MR) is 85.0 cm³/mol. The molecule has 0 spiro atoms. The van der Waals surface area contributed by atoms with Gasteiger partial charge in [0, 0.05) is 20.2 Å². The summed E-state index contributed by atoms with van der Waals surface area (Å²) in [5.41, 5.74) is 7.35. The number of fused-ring (bicyclic) bond motifs is 1. The van der Waals surface area contributed by atoms with Crippen LogP contribution in [0.2, 0.25) is 0 Å². The Labute approximate surface area is 127 Å². The molecule has 3 rings (SSSR count). The van der Waals surface area contributed by atoms with Crippen molar-refractivity contribution in [2.24, 2.45) is 5.73 Å². The van der Waals surface area contributed by atoms with E-state index in [0.29, 0.717) is 6.54 Å². The third-order valence-corrected chi connectivity index (χ3v) is 5.04. The van der Waals surface area contributed by atoms with Crippen molar-refractivity contribution in [3.05, 3.63) is 24.3 Å². The largest absolute Gasteiger partial charge is 0.491 e. The van der Waals surface area contributed by atoms with Gasteiger partial charge in [-0.25, -0.2) is 0 Å². The summed E-state index contributed by atoms with van der Waals surface area (Å²) in [6.07, 6.45) is 5.85. The van der Waals surface area contributed by atoms with Gasteiger partial charge < -0.3 is 20.1 Å². The van der Waals surface area contributed by atoms with Crippen LogP contribution < -0.4 is 15.4 Å². The quantitative estimate of drug-likeness (QED) is 0.929. The Bertz CT molecular complexity index is 480. The minimum Gasteiger partial charge on any atom is -0.491 e. The average molecular weight is 290 g/mol. The Morgan fingerprint density at radius 2 is 2.19 bits per heavy atom. The van der Waals surface area contributed by atoms with Crippen LogP contribution in [-0.2, 0) is 4.74 Å². The van der Waals surface area contributed by atoms with E-state index in [0.717, 1.165) is 38.2 Å². The summed E-state index contributed by atoms with van der Waals surface area (Å²) in [5, 5.41) is 0. The second kappa shape index (κ2) is 6.24. The maximum absolute atomic E-state index is 6.28. The van der Waals surface area contributed by atoms with E-state index in [-0.39, 0.29) is 11.6 Å². The number of ether oxygens (including phenoxy) is 2. The molecule has 1 aromatic rings. The SMILES string of the molecule is COC1CCCCC1(CN)N1CCCOc2ccccc21. The number of methoxy groups -OCH3 is 1. The standard InChI is InChI=1S/C17H26N2O2/c1-20-16-9-4-5-10-17(16,13-18)19-11-6-12-21-15-8-3-2-7-14(15)19/h2-3,7-8,16H,4-6,9-13,18H2,1H3. The molecular formula is C17H26N2O2. The van der Waals surface area contributed by atoms with E-state index in [1.54, 1.807) is 0 Å².